The molecule has 56 heavy (non-hydrogen) atoms. The van der Waals surface area contributed by atoms with Crippen molar-refractivity contribution in [1.82, 2.24) is 0 Å². The van der Waals surface area contributed by atoms with E-state index in [2.05, 4.69) is 6.58 Å². The van der Waals surface area contributed by atoms with Crippen molar-refractivity contribution >= 4 is 35.8 Å². The Morgan fingerprint density at radius 3 is 1.64 bits per heavy atom. The third-order valence-corrected chi connectivity index (χ3v) is 12.1. The van der Waals surface area contributed by atoms with Gasteiger partial charge in [-0.15, -0.1) is 0 Å². The average Bonchev–Trinajstić information content (AvgIpc) is 3.36. The van der Waals surface area contributed by atoms with E-state index in [0.717, 1.165) is 20.8 Å². The fourth-order valence-corrected chi connectivity index (χ4v) is 10.2. The van der Waals surface area contributed by atoms with Gasteiger partial charge in [0, 0.05) is 39.5 Å². The zero-order chi connectivity index (χ0) is 41.1. The molecule has 2 bridgehead atoms. The van der Waals surface area contributed by atoms with Crippen LogP contribution in [0.5, 0.6) is 0 Å². The lowest BCUT2D eigenvalue weighted by molar-refractivity contribution is -0.389. The van der Waals surface area contributed by atoms with Gasteiger partial charge < -0.3 is 38.3 Å². The number of hydrogen-bond donors (Lipinski definition) is 1. The fourth-order valence-electron chi connectivity index (χ4n) is 10.2. The Bertz CT molecular complexity index is 1930. The maximum Gasteiger partial charge on any atom is 0.339 e. The Morgan fingerprint density at radius 1 is 0.679 bits per heavy atom. The van der Waals surface area contributed by atoms with Gasteiger partial charge in [0.15, 0.2) is 23.9 Å². The number of benzene rings is 2. The number of rotatable bonds is 9. The Labute approximate surface area is 324 Å². The second-order valence-electron chi connectivity index (χ2n) is 15.7. The van der Waals surface area contributed by atoms with E-state index in [1.807, 2.05) is 0 Å². The van der Waals surface area contributed by atoms with Crippen LogP contribution in [-0.2, 0) is 52.3 Å². The van der Waals surface area contributed by atoms with E-state index in [9.17, 15) is 33.9 Å². The first-order valence-corrected chi connectivity index (χ1v) is 18.6. The molecule has 1 spiro atoms. The first kappa shape index (κ1) is 40.6. The second kappa shape index (κ2) is 14.5. The number of carbonyl (C=O) groups is 6. The number of ether oxygens (including phenoxy) is 7. The van der Waals surface area contributed by atoms with Crippen molar-refractivity contribution in [2.75, 3.05) is 0 Å². The van der Waals surface area contributed by atoms with Crippen molar-refractivity contribution in [3.63, 3.8) is 0 Å². The molecule has 2 aromatic carbocycles. The van der Waals surface area contributed by atoms with Crippen LogP contribution in [0.4, 0.5) is 0 Å². The van der Waals surface area contributed by atoms with Gasteiger partial charge in [-0.2, -0.15) is 0 Å². The Hall–Kier alpha value is -5.08. The molecule has 2 saturated heterocycles. The second-order valence-corrected chi connectivity index (χ2v) is 15.7. The van der Waals surface area contributed by atoms with E-state index < -0.39 is 112 Å². The summed E-state index contributed by atoms with van der Waals surface area (Å²) in [4.78, 5) is 80.6. The van der Waals surface area contributed by atoms with Crippen molar-refractivity contribution in [1.29, 1.82) is 0 Å². The summed E-state index contributed by atoms with van der Waals surface area (Å²) in [5.41, 5.74) is -7.75. The van der Waals surface area contributed by atoms with Crippen molar-refractivity contribution in [2.45, 2.75) is 115 Å². The van der Waals surface area contributed by atoms with E-state index >= 15 is 0 Å². The summed E-state index contributed by atoms with van der Waals surface area (Å²) in [5.74, 6) is -9.41. The van der Waals surface area contributed by atoms with Gasteiger partial charge in [-0.1, -0.05) is 56.8 Å². The molecule has 14 heteroatoms. The van der Waals surface area contributed by atoms with Crippen LogP contribution < -0.4 is 0 Å². The minimum Gasteiger partial charge on any atom is -0.459 e. The van der Waals surface area contributed by atoms with E-state index in [0.29, 0.717) is 0 Å². The molecule has 0 aromatic heterocycles. The monoisotopic (exact) mass is 776 g/mol. The normalized spacial score (nSPS) is 37.8. The third-order valence-electron chi connectivity index (χ3n) is 12.1. The molecule has 4 fully saturated rings. The Balaban J connectivity index is 1.67. The van der Waals surface area contributed by atoms with Crippen molar-refractivity contribution in [2.24, 2.45) is 23.7 Å². The highest BCUT2D eigenvalue weighted by atomic mass is 16.7. The van der Waals surface area contributed by atoms with Crippen LogP contribution in [0.2, 0.25) is 0 Å². The van der Waals surface area contributed by atoms with Crippen LogP contribution >= 0.6 is 0 Å². The molecule has 1 N–H and O–H groups in total. The van der Waals surface area contributed by atoms with Crippen molar-refractivity contribution in [3.05, 3.63) is 83.9 Å². The average molecular weight is 777 g/mol. The van der Waals surface area contributed by atoms with Crippen LogP contribution in [0.3, 0.4) is 0 Å². The summed E-state index contributed by atoms with van der Waals surface area (Å²) < 4.78 is 44.0. The smallest absolute Gasteiger partial charge is 0.339 e. The lowest BCUT2D eigenvalue weighted by atomic mass is 9.52. The number of fused-ring (bicyclic) bond motifs is 3. The highest BCUT2D eigenvalue weighted by Gasteiger charge is 2.89. The van der Waals surface area contributed by atoms with Crippen molar-refractivity contribution in [3.8, 4) is 0 Å². The molecule has 0 amide bonds. The first-order chi connectivity index (χ1) is 26.3. The minimum atomic E-state index is -2.24. The molecule has 2 aromatic rings. The molecule has 2 aliphatic heterocycles. The van der Waals surface area contributed by atoms with Crippen LogP contribution in [0, 0.1) is 23.7 Å². The maximum absolute atomic E-state index is 14.2. The van der Waals surface area contributed by atoms with Gasteiger partial charge in [0.25, 0.3) is 0 Å². The predicted molar refractivity (Wildman–Crippen MR) is 194 cm³/mol. The Kier molecular flexibility index (Phi) is 10.5. The van der Waals surface area contributed by atoms with Gasteiger partial charge in [0.2, 0.25) is 5.60 Å². The highest BCUT2D eigenvalue weighted by molar-refractivity contribution is 5.90. The lowest BCUT2D eigenvalue weighted by Gasteiger charge is -2.62. The topological polar surface area (TPSA) is 187 Å². The molecule has 6 rings (SSSR count). The number of aliphatic hydroxyl groups is 1. The van der Waals surface area contributed by atoms with Crippen molar-refractivity contribution < 1.29 is 67.0 Å². The molecule has 2 saturated carbocycles. The highest BCUT2D eigenvalue weighted by Crippen LogP contribution is 2.71. The SMILES string of the molecule is C=C(C)[C@@]1(OC(=O)c2ccccc2)[C@H](OC(C)=O)[C@H]2[C@H](OC(C)=O)[C@@]3(C)O[C@@]4([C@@H]3OC(=O)c3ccccc3)[C@@H](OC(C)=O)[C@@H](C)C[C@H]4[C@@]2(O)[C@H](C)[C@@H]1OC(C)=O. The van der Waals surface area contributed by atoms with E-state index in [1.165, 1.54) is 32.9 Å². The molecule has 4 aliphatic rings. The number of esters is 6. The third kappa shape index (κ3) is 6.08. The molecule has 2 aliphatic carbocycles. The summed E-state index contributed by atoms with van der Waals surface area (Å²) >= 11 is 0. The summed E-state index contributed by atoms with van der Waals surface area (Å²) in [6.45, 7) is 15.1. The Morgan fingerprint density at radius 2 is 1.14 bits per heavy atom. The number of carbonyl (C=O) groups excluding carboxylic acids is 6. The van der Waals surface area contributed by atoms with Gasteiger partial charge in [-0.25, -0.2) is 9.59 Å². The molecule has 14 nitrogen and oxygen atoms in total. The molecule has 2 heterocycles. The van der Waals surface area contributed by atoms with E-state index in [4.69, 9.17) is 33.2 Å². The molecular weight excluding hydrogens is 728 g/mol. The van der Waals surface area contributed by atoms with Crippen LogP contribution in [-0.4, -0.2) is 93.8 Å². The zero-order valence-electron chi connectivity index (χ0n) is 32.6. The predicted octanol–water partition coefficient (Wildman–Crippen LogP) is 4.31. The fraction of sp³-hybridized carbons (Fsp3) is 0.524. The molecule has 13 atom stereocenters. The van der Waals surface area contributed by atoms with Gasteiger partial charge in [0.05, 0.1) is 22.6 Å². The quantitative estimate of drug-likeness (QED) is 0.216. The van der Waals surface area contributed by atoms with Gasteiger partial charge >= 0.3 is 35.8 Å². The van der Waals surface area contributed by atoms with Gasteiger partial charge in [-0.3, -0.25) is 19.2 Å². The molecular formula is C42H48O14. The summed E-state index contributed by atoms with van der Waals surface area (Å²) in [6, 6.07) is 16.0. The lowest BCUT2D eigenvalue weighted by Crippen LogP contribution is -2.80. The molecule has 300 valence electrons. The summed E-state index contributed by atoms with van der Waals surface area (Å²) in [5, 5.41) is 13.9. The molecule has 0 radical (unpaired) electrons. The van der Waals surface area contributed by atoms with E-state index in [1.54, 1.807) is 62.4 Å². The van der Waals surface area contributed by atoms with Crippen LogP contribution in [0.15, 0.2) is 72.8 Å². The van der Waals surface area contributed by atoms with Crippen LogP contribution in [0.1, 0.15) is 82.5 Å². The van der Waals surface area contributed by atoms with E-state index in [-0.39, 0.29) is 23.1 Å². The summed E-state index contributed by atoms with van der Waals surface area (Å²) in [7, 11) is 0. The number of hydrogen-bond acceptors (Lipinski definition) is 14. The van der Waals surface area contributed by atoms with Gasteiger partial charge in [0.1, 0.15) is 17.8 Å². The van der Waals surface area contributed by atoms with Crippen LogP contribution in [0.25, 0.3) is 0 Å². The largest absolute Gasteiger partial charge is 0.459 e. The van der Waals surface area contributed by atoms with Gasteiger partial charge in [-0.05, 0) is 56.0 Å². The minimum absolute atomic E-state index is 0.0665. The molecule has 0 unspecified atom stereocenters. The summed E-state index contributed by atoms with van der Waals surface area (Å²) in [6.07, 6.45) is -7.43. The first-order valence-electron chi connectivity index (χ1n) is 18.6. The standard InChI is InChI=1S/C42H48O14/c1-21(2)41(55-37(48)29-18-14-11-15-19-29)33(51-25(6)44)23(4)40(49)30-20-22(3)32(50-24(5)43)42(30)38(54-36(47)28-16-12-10-13-17-28)39(9,56-42)34(52-26(7)45)31(40)35(41)53-27(8)46/h10-19,22-23,30-35,38,49H,1,20H2,2-9H3/t22-,23+,30-,31+,32-,33-,34-,35+,38+,39+,40-,41-,42+/m0/s1. The zero-order valence-corrected chi connectivity index (χ0v) is 32.6. The maximum atomic E-state index is 14.2.